The van der Waals surface area contributed by atoms with Crippen molar-refractivity contribution < 1.29 is 9.13 Å². The highest BCUT2D eigenvalue weighted by molar-refractivity contribution is 6.36. The summed E-state index contributed by atoms with van der Waals surface area (Å²) in [6.07, 6.45) is 0. The van der Waals surface area contributed by atoms with Crippen LogP contribution in [0.1, 0.15) is 0 Å². The molecule has 0 aliphatic carbocycles. The Morgan fingerprint density at radius 2 is 1.78 bits per heavy atom. The normalized spacial score (nSPS) is 10.4. The van der Waals surface area contributed by atoms with Crippen LogP contribution in [0.3, 0.4) is 0 Å². The molecular weight excluding hydrogens is 276 g/mol. The summed E-state index contributed by atoms with van der Waals surface area (Å²) >= 11 is 12.1. The zero-order valence-corrected chi connectivity index (χ0v) is 11.0. The van der Waals surface area contributed by atoms with Crippen LogP contribution in [0.15, 0.2) is 30.3 Å². The van der Waals surface area contributed by atoms with Crippen LogP contribution in [0.4, 0.5) is 10.1 Å². The van der Waals surface area contributed by atoms with Gasteiger partial charge in [-0.2, -0.15) is 0 Å². The third kappa shape index (κ3) is 2.37. The maximum Gasteiger partial charge on any atom is 0.138 e. The van der Waals surface area contributed by atoms with Gasteiger partial charge in [-0.3, -0.25) is 0 Å². The Morgan fingerprint density at radius 1 is 1.06 bits per heavy atom. The molecule has 0 saturated carbocycles. The molecule has 2 rings (SSSR count). The number of anilines is 1. The molecule has 0 amide bonds. The van der Waals surface area contributed by atoms with Crippen molar-refractivity contribution in [2.45, 2.75) is 0 Å². The van der Waals surface area contributed by atoms with E-state index in [0.717, 1.165) is 0 Å². The van der Waals surface area contributed by atoms with E-state index in [2.05, 4.69) is 0 Å². The third-order valence-electron chi connectivity index (χ3n) is 2.52. The van der Waals surface area contributed by atoms with Crippen molar-refractivity contribution in [1.82, 2.24) is 0 Å². The van der Waals surface area contributed by atoms with Gasteiger partial charge in [-0.15, -0.1) is 0 Å². The van der Waals surface area contributed by atoms with E-state index in [9.17, 15) is 4.39 Å². The predicted molar refractivity (Wildman–Crippen MR) is 72.8 cm³/mol. The molecule has 0 bridgehead atoms. The zero-order chi connectivity index (χ0) is 13.3. The molecule has 0 aliphatic rings. The molecule has 2 N–H and O–H groups in total. The second-order valence-corrected chi connectivity index (χ2v) is 4.52. The third-order valence-corrected chi connectivity index (χ3v) is 3.13. The minimum atomic E-state index is -0.446. The maximum absolute atomic E-state index is 13.8. The van der Waals surface area contributed by atoms with E-state index in [1.54, 1.807) is 24.3 Å². The topological polar surface area (TPSA) is 35.2 Å². The number of rotatable bonds is 2. The molecule has 2 aromatic carbocycles. The number of methoxy groups -OCH3 is 1. The van der Waals surface area contributed by atoms with Crippen LogP contribution in [-0.2, 0) is 0 Å². The summed E-state index contributed by atoms with van der Waals surface area (Å²) in [6, 6.07) is 7.53. The van der Waals surface area contributed by atoms with Gasteiger partial charge in [-0.25, -0.2) is 4.39 Å². The molecule has 0 fully saturated rings. The molecule has 18 heavy (non-hydrogen) atoms. The monoisotopic (exact) mass is 285 g/mol. The van der Waals surface area contributed by atoms with Gasteiger partial charge in [0.15, 0.2) is 0 Å². The Bertz CT molecular complexity index is 602. The molecule has 0 aliphatic heterocycles. The van der Waals surface area contributed by atoms with Gasteiger partial charge < -0.3 is 10.5 Å². The molecule has 5 heteroatoms. The lowest BCUT2D eigenvalue weighted by atomic mass is 10.0. The summed E-state index contributed by atoms with van der Waals surface area (Å²) in [5.74, 6) is -0.000552. The molecule has 0 spiro atoms. The van der Waals surface area contributed by atoms with Gasteiger partial charge in [0.1, 0.15) is 11.6 Å². The lowest BCUT2D eigenvalue weighted by molar-refractivity contribution is 0.415. The van der Waals surface area contributed by atoms with Gasteiger partial charge in [-0.05, 0) is 24.3 Å². The standard InChI is InChI=1S/C13H10Cl2FNO/c1-18-13-6-10(14)9(5-11(13)15)8-3-2-7(17)4-12(8)16/h2-6H,17H2,1H3. The minimum absolute atomic E-state index is 0.346. The van der Waals surface area contributed by atoms with Crippen molar-refractivity contribution in [1.29, 1.82) is 0 Å². The first kappa shape index (κ1) is 13.0. The van der Waals surface area contributed by atoms with E-state index in [4.69, 9.17) is 33.7 Å². The molecule has 0 aromatic heterocycles. The molecule has 2 aromatic rings. The predicted octanol–water partition coefficient (Wildman–Crippen LogP) is 4.39. The largest absolute Gasteiger partial charge is 0.495 e. The van der Waals surface area contributed by atoms with Gasteiger partial charge in [0.25, 0.3) is 0 Å². The highest BCUT2D eigenvalue weighted by atomic mass is 35.5. The number of halogens is 3. The first-order chi connectivity index (χ1) is 8.52. The zero-order valence-electron chi connectivity index (χ0n) is 9.51. The Kier molecular flexibility index (Phi) is 3.64. The van der Waals surface area contributed by atoms with Gasteiger partial charge in [-0.1, -0.05) is 23.2 Å². The Labute approximate surface area is 114 Å². The second-order valence-electron chi connectivity index (χ2n) is 3.71. The summed E-state index contributed by atoms with van der Waals surface area (Å²) in [5, 5.41) is 0.730. The van der Waals surface area contributed by atoms with E-state index in [0.29, 0.717) is 32.6 Å². The van der Waals surface area contributed by atoms with Gasteiger partial charge in [0.05, 0.1) is 17.2 Å². The highest BCUT2D eigenvalue weighted by Gasteiger charge is 2.13. The maximum atomic E-state index is 13.8. The van der Waals surface area contributed by atoms with Crippen LogP contribution in [0.25, 0.3) is 11.1 Å². The van der Waals surface area contributed by atoms with E-state index in [-0.39, 0.29) is 0 Å². The van der Waals surface area contributed by atoms with Crippen LogP contribution >= 0.6 is 23.2 Å². The highest BCUT2D eigenvalue weighted by Crippen LogP contribution is 2.37. The van der Waals surface area contributed by atoms with Gasteiger partial charge in [0, 0.05) is 22.9 Å². The second kappa shape index (κ2) is 5.04. The van der Waals surface area contributed by atoms with E-state index >= 15 is 0 Å². The van der Waals surface area contributed by atoms with E-state index in [1.165, 1.54) is 13.2 Å². The first-order valence-corrected chi connectivity index (χ1v) is 5.87. The van der Waals surface area contributed by atoms with Crippen LogP contribution in [-0.4, -0.2) is 7.11 Å². The fraction of sp³-hybridized carbons (Fsp3) is 0.0769. The molecule has 0 radical (unpaired) electrons. The van der Waals surface area contributed by atoms with Crippen molar-refractivity contribution in [3.63, 3.8) is 0 Å². The molecular formula is C13H10Cl2FNO. The van der Waals surface area contributed by atoms with Crippen molar-refractivity contribution in [2.24, 2.45) is 0 Å². The molecule has 0 unspecified atom stereocenters. The van der Waals surface area contributed by atoms with Crippen LogP contribution < -0.4 is 10.5 Å². The summed E-state index contributed by atoms with van der Waals surface area (Å²) in [4.78, 5) is 0. The quantitative estimate of drug-likeness (QED) is 0.831. The number of hydrogen-bond acceptors (Lipinski definition) is 2. The summed E-state index contributed by atoms with van der Waals surface area (Å²) in [5.41, 5.74) is 6.70. The first-order valence-electron chi connectivity index (χ1n) is 5.11. The van der Waals surface area contributed by atoms with Crippen molar-refractivity contribution >= 4 is 28.9 Å². The lowest BCUT2D eigenvalue weighted by Gasteiger charge is -2.10. The number of nitrogen functional groups attached to an aromatic ring is 1. The SMILES string of the molecule is COc1cc(Cl)c(-c2ccc(N)cc2F)cc1Cl. The minimum Gasteiger partial charge on any atom is -0.495 e. The van der Waals surface area contributed by atoms with Crippen molar-refractivity contribution in [2.75, 3.05) is 12.8 Å². The summed E-state index contributed by atoms with van der Waals surface area (Å²) in [6.45, 7) is 0. The molecule has 0 atom stereocenters. The molecule has 94 valence electrons. The van der Waals surface area contributed by atoms with Crippen LogP contribution in [0.2, 0.25) is 10.0 Å². The van der Waals surface area contributed by atoms with Crippen molar-refractivity contribution in [3.8, 4) is 16.9 Å². The van der Waals surface area contributed by atoms with Crippen LogP contribution in [0, 0.1) is 5.82 Å². The Hall–Kier alpha value is -1.45. The van der Waals surface area contributed by atoms with Crippen molar-refractivity contribution in [3.05, 3.63) is 46.2 Å². The number of ether oxygens (including phenoxy) is 1. The number of hydrogen-bond donors (Lipinski definition) is 1. The smallest absolute Gasteiger partial charge is 0.138 e. The molecule has 0 saturated heterocycles. The Balaban J connectivity index is 2.60. The molecule has 0 heterocycles. The van der Waals surface area contributed by atoms with Gasteiger partial charge in [0.2, 0.25) is 0 Å². The van der Waals surface area contributed by atoms with Crippen LogP contribution in [0.5, 0.6) is 5.75 Å². The van der Waals surface area contributed by atoms with E-state index in [1.807, 2.05) is 0 Å². The Morgan fingerprint density at radius 3 is 2.39 bits per heavy atom. The number of nitrogens with two attached hydrogens (primary N) is 1. The average Bonchev–Trinajstić information content (AvgIpc) is 2.32. The van der Waals surface area contributed by atoms with E-state index < -0.39 is 5.82 Å². The lowest BCUT2D eigenvalue weighted by Crippen LogP contribution is -1.91. The average molecular weight is 286 g/mol. The van der Waals surface area contributed by atoms with Gasteiger partial charge >= 0.3 is 0 Å². The fourth-order valence-corrected chi connectivity index (χ4v) is 2.14. The fourth-order valence-electron chi connectivity index (χ4n) is 1.64. The summed E-state index contributed by atoms with van der Waals surface area (Å²) < 4.78 is 18.9. The number of benzene rings is 2. The summed E-state index contributed by atoms with van der Waals surface area (Å²) in [7, 11) is 1.49. The molecule has 2 nitrogen and oxygen atoms in total.